The normalized spacial score (nSPS) is 16.4. The van der Waals surface area contributed by atoms with Gasteiger partial charge < -0.3 is 0 Å². The Morgan fingerprint density at radius 3 is 0.893 bits per heavy atom. The van der Waals surface area contributed by atoms with Crippen LogP contribution in [-0.4, -0.2) is 53.7 Å². The van der Waals surface area contributed by atoms with Crippen molar-refractivity contribution in [1.82, 2.24) is 0 Å². The highest BCUT2D eigenvalue weighted by atomic mass is 19.4. The van der Waals surface area contributed by atoms with Crippen molar-refractivity contribution in [2.45, 2.75) is 47.6 Å². The molecule has 0 rings (SSSR count). The zero-order chi connectivity index (χ0) is 23.6. The topological polar surface area (TPSA) is 17.1 Å². The first-order chi connectivity index (χ1) is 11.7. The Labute approximate surface area is 139 Å². The predicted octanol–water partition coefficient (Wildman–Crippen LogP) is 5.49. The van der Waals surface area contributed by atoms with Crippen LogP contribution in [0.25, 0.3) is 0 Å². The summed E-state index contributed by atoms with van der Waals surface area (Å²) < 4.78 is 226. The van der Waals surface area contributed by atoms with Crippen LogP contribution in [-0.2, 0) is 4.79 Å². The van der Waals surface area contributed by atoms with E-state index in [2.05, 4.69) is 0 Å². The average molecular weight is 466 g/mol. The molecule has 0 N–H and O–H groups in total. The van der Waals surface area contributed by atoms with Gasteiger partial charge in [0, 0.05) is 0 Å². The third-order valence-corrected chi connectivity index (χ3v) is 3.04. The lowest BCUT2D eigenvalue weighted by atomic mass is 9.84. The lowest BCUT2D eigenvalue weighted by Gasteiger charge is -2.43. The Morgan fingerprint density at radius 2 is 0.679 bits per heavy atom. The molecule has 0 atom stereocenters. The van der Waals surface area contributed by atoms with Crippen molar-refractivity contribution in [1.29, 1.82) is 0 Å². The van der Waals surface area contributed by atoms with Gasteiger partial charge in [-0.25, -0.2) is 4.39 Å². The maximum atomic E-state index is 13.1. The first kappa shape index (κ1) is 26.4. The summed E-state index contributed by atoms with van der Waals surface area (Å²) in [7, 11) is 0. The van der Waals surface area contributed by atoms with Crippen molar-refractivity contribution in [3.8, 4) is 0 Å². The molecule has 0 aliphatic heterocycles. The van der Waals surface area contributed by atoms with Gasteiger partial charge in [0.1, 0.15) is 0 Å². The van der Waals surface area contributed by atoms with Gasteiger partial charge in [-0.3, -0.25) is 4.79 Å². The molecule has 0 unspecified atom stereocenters. The zero-order valence-electron chi connectivity index (χ0n) is 11.7. The summed E-state index contributed by atoms with van der Waals surface area (Å²) >= 11 is 0. The second kappa shape index (κ2) is 6.20. The summed E-state index contributed by atoms with van der Waals surface area (Å²) in [6.45, 7) is 0. The molecular weight excluding hydrogens is 466 g/mol. The molecule has 0 aliphatic carbocycles. The van der Waals surface area contributed by atoms with Crippen molar-refractivity contribution in [3.63, 3.8) is 0 Å². The Morgan fingerprint density at radius 1 is 0.429 bits per heavy atom. The van der Waals surface area contributed by atoms with Crippen molar-refractivity contribution >= 4 is 6.04 Å². The Bertz CT molecular complexity index is 594. The minimum atomic E-state index is -8.93. The predicted molar refractivity (Wildman–Crippen MR) is 46.8 cm³/mol. The number of hydrogen-bond acceptors (Lipinski definition) is 1. The molecule has 168 valence electrons. The van der Waals surface area contributed by atoms with Crippen LogP contribution < -0.4 is 0 Å². The van der Waals surface area contributed by atoms with E-state index in [-0.39, 0.29) is 0 Å². The molecule has 0 spiro atoms. The van der Waals surface area contributed by atoms with Gasteiger partial charge in [0.05, 0.1) is 0 Å². The van der Waals surface area contributed by atoms with Gasteiger partial charge in [-0.2, -0.15) is 74.6 Å². The van der Waals surface area contributed by atoms with Crippen LogP contribution in [0.15, 0.2) is 0 Å². The van der Waals surface area contributed by atoms with Crippen LogP contribution in [0.3, 0.4) is 0 Å². The lowest BCUT2D eigenvalue weighted by molar-refractivity contribution is -0.464. The van der Waals surface area contributed by atoms with E-state index in [0.717, 1.165) is 0 Å². The van der Waals surface area contributed by atoms with E-state index in [9.17, 15) is 83.8 Å². The molecule has 0 aromatic rings. The third kappa shape index (κ3) is 2.94. The molecule has 0 aromatic carbocycles. The van der Waals surface area contributed by atoms with E-state index in [1.165, 1.54) is 0 Å². The second-order valence-corrected chi connectivity index (χ2v) is 4.80. The van der Waals surface area contributed by atoms with Gasteiger partial charge in [0.2, 0.25) is 0 Å². The number of hydrogen-bond donors (Lipinski definition) is 0. The number of carbonyl (C=O) groups is 1. The molecule has 0 heterocycles. The van der Waals surface area contributed by atoms with E-state index in [4.69, 9.17) is 0 Å². The molecule has 0 aromatic heterocycles. The van der Waals surface area contributed by atoms with Crippen LogP contribution in [0, 0.1) is 0 Å². The second-order valence-electron chi connectivity index (χ2n) is 4.80. The molecule has 0 amide bonds. The summed E-state index contributed by atoms with van der Waals surface area (Å²) in [6.07, 6.45) is -16.5. The molecule has 28 heavy (non-hydrogen) atoms. The SMILES string of the molecule is O=C(F)C(F)(F)C(F)(F)C(F)(F)C(F)(F)C(F)(F)C(F)(C(F)(F)F)C(F)(F)F. The number of halogens is 18. The summed E-state index contributed by atoms with van der Waals surface area (Å²) in [5, 5.41) is 0. The molecule has 0 saturated carbocycles. The summed E-state index contributed by atoms with van der Waals surface area (Å²) in [5.41, 5.74) is -8.68. The molecule has 1 nitrogen and oxygen atoms in total. The molecule has 0 saturated heterocycles. The molecule has 0 radical (unpaired) electrons. The summed E-state index contributed by atoms with van der Waals surface area (Å²) in [6, 6.07) is -4.91. The fraction of sp³-hybridized carbons (Fsp3) is 0.889. The van der Waals surface area contributed by atoms with Crippen molar-refractivity contribution in [3.05, 3.63) is 0 Å². The fourth-order valence-corrected chi connectivity index (χ4v) is 1.45. The highest BCUT2D eigenvalue weighted by Crippen LogP contribution is 2.65. The van der Waals surface area contributed by atoms with E-state index in [0.29, 0.717) is 0 Å². The standard InChI is InChI=1S/C9F18O/c10-1(28)2(11,12)4(14,15)6(18,19)7(20,21)5(16,17)3(13,8(22,23)24)9(25,26)27. The molecule has 19 heteroatoms. The van der Waals surface area contributed by atoms with E-state index >= 15 is 0 Å². The fourth-order valence-electron chi connectivity index (χ4n) is 1.45. The minimum absolute atomic E-state index is 4.91. The molecule has 0 bridgehead atoms. The highest BCUT2D eigenvalue weighted by Gasteiger charge is 2.97. The van der Waals surface area contributed by atoms with Gasteiger partial charge in [0.25, 0.3) is 0 Å². The number of carbonyl (C=O) groups excluding carboxylic acids is 1. The highest BCUT2D eigenvalue weighted by molar-refractivity contribution is 5.78. The molecular formula is C9F18O. The van der Waals surface area contributed by atoms with Crippen molar-refractivity contribution in [2.75, 3.05) is 0 Å². The van der Waals surface area contributed by atoms with Crippen LogP contribution in [0.5, 0.6) is 0 Å². The zero-order valence-corrected chi connectivity index (χ0v) is 11.7. The Balaban J connectivity index is 6.99. The first-order valence-corrected chi connectivity index (χ1v) is 5.61. The van der Waals surface area contributed by atoms with Crippen LogP contribution in [0.2, 0.25) is 0 Å². The van der Waals surface area contributed by atoms with Crippen molar-refractivity contribution < 1.29 is 83.8 Å². The van der Waals surface area contributed by atoms with Gasteiger partial charge in [-0.15, -0.1) is 0 Å². The van der Waals surface area contributed by atoms with Gasteiger partial charge in [-0.1, -0.05) is 0 Å². The van der Waals surface area contributed by atoms with Gasteiger partial charge >= 0.3 is 53.7 Å². The molecule has 0 aliphatic rings. The summed E-state index contributed by atoms with van der Waals surface area (Å²) in [5.74, 6) is -42.6. The van der Waals surface area contributed by atoms with E-state index < -0.39 is 53.7 Å². The third-order valence-electron chi connectivity index (χ3n) is 3.04. The van der Waals surface area contributed by atoms with Crippen LogP contribution in [0.4, 0.5) is 79.0 Å². The van der Waals surface area contributed by atoms with Crippen LogP contribution >= 0.6 is 0 Å². The van der Waals surface area contributed by atoms with Crippen LogP contribution in [0.1, 0.15) is 0 Å². The Hall–Kier alpha value is -1.59. The molecule has 0 fully saturated rings. The number of rotatable bonds is 6. The lowest BCUT2D eigenvalue weighted by Crippen LogP contribution is -2.77. The maximum Gasteiger partial charge on any atom is 0.438 e. The Kier molecular flexibility index (Phi) is 5.85. The van der Waals surface area contributed by atoms with Gasteiger partial charge in [0.15, 0.2) is 0 Å². The van der Waals surface area contributed by atoms with E-state index in [1.807, 2.05) is 0 Å². The summed E-state index contributed by atoms with van der Waals surface area (Å²) in [4.78, 5) is 9.55. The average Bonchev–Trinajstić information content (AvgIpc) is 2.42. The van der Waals surface area contributed by atoms with E-state index in [1.54, 1.807) is 0 Å². The number of alkyl halides is 17. The smallest absolute Gasteiger partial charge is 0.254 e. The minimum Gasteiger partial charge on any atom is -0.254 e. The quantitative estimate of drug-likeness (QED) is 0.374. The first-order valence-electron chi connectivity index (χ1n) is 5.61. The monoisotopic (exact) mass is 466 g/mol. The largest absolute Gasteiger partial charge is 0.438 e. The maximum absolute atomic E-state index is 13.1. The van der Waals surface area contributed by atoms with Gasteiger partial charge in [-0.05, 0) is 0 Å². The van der Waals surface area contributed by atoms with Crippen molar-refractivity contribution in [2.24, 2.45) is 0 Å².